The van der Waals surface area contributed by atoms with Crippen molar-refractivity contribution in [1.82, 2.24) is 40.3 Å². The number of hydrogen-bond acceptors (Lipinski definition) is 22. The fourth-order valence-corrected chi connectivity index (χ4v) is 8.08. The Bertz CT molecular complexity index is 2530. The maximum absolute atomic E-state index is 13.4. The third-order valence-corrected chi connectivity index (χ3v) is 11.9. The van der Waals surface area contributed by atoms with Crippen LogP contribution in [0.3, 0.4) is 0 Å². The smallest absolute Gasteiger partial charge is 0.420 e. The number of nitrogens with two attached hydrogens (primary N) is 1. The quantitative estimate of drug-likeness (QED) is 0.0296. The first-order valence-corrected chi connectivity index (χ1v) is 27.7. The molecule has 6 N–H and O–H groups in total. The number of amides is 3. The lowest BCUT2D eigenvalue weighted by Gasteiger charge is -2.35. The van der Waals surface area contributed by atoms with Gasteiger partial charge in [-0.05, 0) is 105 Å². The molecule has 0 aliphatic carbocycles. The van der Waals surface area contributed by atoms with Gasteiger partial charge < -0.3 is 58.5 Å². The van der Waals surface area contributed by atoms with Crippen molar-refractivity contribution >= 4 is 46.7 Å². The van der Waals surface area contributed by atoms with Gasteiger partial charge in [-0.25, -0.2) is 4.79 Å². The molecule has 460 valence electrons. The number of aromatic hydroxyl groups is 1. The number of fused-ring (bicyclic) bond motifs is 1. The van der Waals surface area contributed by atoms with E-state index in [4.69, 9.17) is 48.0 Å². The van der Waals surface area contributed by atoms with Gasteiger partial charge in [-0.15, -0.1) is 0 Å². The predicted octanol–water partition coefficient (Wildman–Crippen LogP) is 1.29. The van der Waals surface area contributed by atoms with E-state index in [9.17, 15) is 38.7 Å². The Morgan fingerprint density at radius 1 is 0.622 bits per heavy atom. The minimum absolute atomic E-state index is 0.0145. The average Bonchev–Trinajstić information content (AvgIpc) is 3.73. The average molecular weight is 1160 g/mol. The standard InChI is InChI=1S/C56H89N9O17/c1-40-11-13-44-42(33-40)65(53(73)79-44)35-41-12-14-45(43(66)34-41)78-39-47(68)58-16-26-75-28-30-77-32-31-76-29-27-74-25-15-46(67)59-60-52(72)51(57)64-23-21-62(37-49(70)81-55(5,6)7)19-17-61(36-48(69)80-54(2,3)4)18-20-63(22-24-64)38-50(71)82-56(8,9)10/h11-14,33-34,51,66H,15-32,35-39,57H2,1-10H3,(H,58,68)(H,59,67)(H,60,72). The number of aromatic nitrogens is 1. The van der Waals surface area contributed by atoms with Crippen LogP contribution in [0.15, 0.2) is 45.6 Å². The summed E-state index contributed by atoms with van der Waals surface area (Å²) in [6.45, 7) is 22.2. The molecule has 1 aliphatic rings. The summed E-state index contributed by atoms with van der Waals surface area (Å²) in [7, 11) is 0. The molecule has 26 nitrogen and oxygen atoms in total. The maximum Gasteiger partial charge on any atom is 0.420 e. The monoisotopic (exact) mass is 1160 g/mol. The molecule has 1 atom stereocenters. The van der Waals surface area contributed by atoms with Crippen molar-refractivity contribution in [3.63, 3.8) is 0 Å². The van der Waals surface area contributed by atoms with Crippen LogP contribution in [-0.2, 0) is 68.5 Å². The number of nitrogens with zero attached hydrogens (tertiary/aromatic N) is 5. The summed E-state index contributed by atoms with van der Waals surface area (Å²) in [5, 5.41) is 13.2. The fraction of sp³-hybridized carbons (Fsp3) is 0.661. The summed E-state index contributed by atoms with van der Waals surface area (Å²) in [5.74, 6) is -3.47. The van der Waals surface area contributed by atoms with Crippen LogP contribution in [0, 0.1) is 6.92 Å². The number of hydrazine groups is 1. The lowest BCUT2D eigenvalue weighted by atomic mass is 10.2. The van der Waals surface area contributed by atoms with Crippen molar-refractivity contribution in [1.29, 1.82) is 0 Å². The molecule has 3 aromatic rings. The van der Waals surface area contributed by atoms with Crippen LogP contribution >= 0.6 is 0 Å². The van der Waals surface area contributed by atoms with Crippen LogP contribution in [0.2, 0.25) is 0 Å². The van der Waals surface area contributed by atoms with E-state index in [1.165, 1.54) is 16.7 Å². The van der Waals surface area contributed by atoms with Crippen molar-refractivity contribution in [3.05, 3.63) is 58.1 Å². The van der Waals surface area contributed by atoms with E-state index < -0.39 is 64.4 Å². The van der Waals surface area contributed by atoms with Crippen molar-refractivity contribution in [2.75, 3.05) is 138 Å². The third-order valence-electron chi connectivity index (χ3n) is 11.9. The van der Waals surface area contributed by atoms with Gasteiger partial charge in [-0.1, -0.05) is 12.1 Å². The summed E-state index contributed by atoms with van der Waals surface area (Å²) < 4.78 is 51.2. The lowest BCUT2D eigenvalue weighted by molar-refractivity contribution is -0.158. The minimum Gasteiger partial charge on any atom is -0.504 e. The minimum atomic E-state index is -1.24. The number of ether oxygens (including phenoxy) is 8. The summed E-state index contributed by atoms with van der Waals surface area (Å²) >= 11 is 0. The highest BCUT2D eigenvalue weighted by Gasteiger charge is 2.29. The van der Waals surface area contributed by atoms with Gasteiger partial charge in [-0.3, -0.25) is 63.8 Å². The highest BCUT2D eigenvalue weighted by molar-refractivity contribution is 5.85. The number of benzene rings is 2. The number of aryl methyl sites for hydroxylation is 1. The zero-order valence-electron chi connectivity index (χ0n) is 49.6. The highest BCUT2D eigenvalue weighted by atomic mass is 16.6. The molecular weight excluding hydrogens is 1070 g/mol. The van der Waals surface area contributed by atoms with Gasteiger partial charge in [0.2, 0.25) is 5.91 Å². The van der Waals surface area contributed by atoms with E-state index in [0.29, 0.717) is 62.7 Å². The molecule has 4 rings (SSSR count). The second-order valence-electron chi connectivity index (χ2n) is 22.7. The highest BCUT2D eigenvalue weighted by Crippen LogP contribution is 2.28. The van der Waals surface area contributed by atoms with Crippen LogP contribution in [-0.4, -0.2) is 226 Å². The van der Waals surface area contributed by atoms with Gasteiger partial charge in [-0.2, -0.15) is 0 Å². The molecule has 2 heterocycles. The Morgan fingerprint density at radius 3 is 1.59 bits per heavy atom. The zero-order valence-corrected chi connectivity index (χ0v) is 49.6. The number of phenols is 1. The second kappa shape index (κ2) is 33.8. The summed E-state index contributed by atoms with van der Waals surface area (Å²) in [5.41, 5.74) is 11.9. The molecule has 0 saturated carbocycles. The summed E-state index contributed by atoms with van der Waals surface area (Å²) in [6.07, 6.45) is -1.31. The van der Waals surface area contributed by atoms with Crippen molar-refractivity contribution in [2.45, 2.75) is 105 Å². The first kappa shape index (κ1) is 68.3. The molecule has 1 aliphatic heterocycles. The zero-order chi connectivity index (χ0) is 60.5. The van der Waals surface area contributed by atoms with Gasteiger partial charge >= 0.3 is 23.7 Å². The lowest BCUT2D eigenvalue weighted by Crippen LogP contribution is -2.59. The number of hydrogen-bond donors (Lipinski definition) is 5. The number of carbonyl (C=O) groups is 6. The molecule has 1 aromatic heterocycles. The van der Waals surface area contributed by atoms with Gasteiger partial charge in [0.25, 0.3) is 11.8 Å². The number of phenolic OH excluding ortho intramolecular Hbond substituents is 1. The molecule has 26 heteroatoms. The van der Waals surface area contributed by atoms with Crippen LogP contribution in [0.4, 0.5) is 0 Å². The first-order valence-electron chi connectivity index (χ1n) is 27.7. The van der Waals surface area contributed by atoms with Crippen LogP contribution in [0.1, 0.15) is 79.9 Å². The second-order valence-corrected chi connectivity index (χ2v) is 22.7. The molecule has 1 saturated heterocycles. The van der Waals surface area contributed by atoms with Gasteiger partial charge in [0.05, 0.1) is 91.0 Å². The Balaban J connectivity index is 1.09. The van der Waals surface area contributed by atoms with E-state index >= 15 is 0 Å². The molecule has 2 aromatic carbocycles. The molecule has 0 radical (unpaired) electrons. The third kappa shape index (κ3) is 27.7. The van der Waals surface area contributed by atoms with Gasteiger partial charge in [0, 0.05) is 58.9 Å². The van der Waals surface area contributed by atoms with E-state index in [2.05, 4.69) is 16.2 Å². The van der Waals surface area contributed by atoms with Crippen molar-refractivity contribution < 1.29 is 76.2 Å². The summed E-state index contributed by atoms with van der Waals surface area (Å²) in [6, 6.07) is 10.1. The van der Waals surface area contributed by atoms with Crippen molar-refractivity contribution in [3.8, 4) is 11.5 Å². The van der Waals surface area contributed by atoms with Crippen molar-refractivity contribution in [2.24, 2.45) is 5.73 Å². The van der Waals surface area contributed by atoms with E-state index in [1.54, 1.807) is 79.3 Å². The van der Waals surface area contributed by atoms with E-state index in [1.807, 2.05) is 33.8 Å². The fourth-order valence-electron chi connectivity index (χ4n) is 8.08. The predicted molar refractivity (Wildman–Crippen MR) is 302 cm³/mol. The van der Waals surface area contributed by atoms with Crippen LogP contribution in [0.5, 0.6) is 11.5 Å². The van der Waals surface area contributed by atoms with Gasteiger partial charge in [0.15, 0.2) is 23.7 Å². The normalized spacial score (nSPS) is 15.2. The Hall–Kier alpha value is -6.23. The topological polar surface area (TPSA) is 307 Å². The largest absolute Gasteiger partial charge is 0.504 e. The Morgan fingerprint density at radius 2 is 1.10 bits per heavy atom. The molecule has 3 amide bonds. The van der Waals surface area contributed by atoms with Crippen LogP contribution in [0.25, 0.3) is 11.1 Å². The first-order chi connectivity index (χ1) is 38.6. The Kier molecular flexibility index (Phi) is 28.1. The summed E-state index contributed by atoms with van der Waals surface area (Å²) in [4.78, 5) is 97.3. The molecule has 82 heavy (non-hydrogen) atoms. The van der Waals surface area contributed by atoms with Gasteiger partial charge in [0.1, 0.15) is 23.0 Å². The SMILES string of the molecule is Cc1ccc2oc(=O)n(Cc3ccc(OCC(=O)NCCOCCOCCOCCOCCC(=O)NNC(=O)C(N)N4CCN(CC(=O)OC(C)(C)C)CCN(CC(=O)OC(C)(C)C)CCN(CC(=O)OC(C)(C)C)CC4)c(O)c3)c2c1. The number of carbonyl (C=O) groups excluding carboxylic acids is 6. The maximum atomic E-state index is 13.4. The number of oxazole rings is 1. The van der Waals surface area contributed by atoms with E-state index in [-0.39, 0.29) is 116 Å². The Labute approximate surface area is 480 Å². The molecule has 1 unspecified atom stereocenters. The molecule has 0 bridgehead atoms. The number of nitrogens with one attached hydrogen (secondary N) is 3. The molecular formula is C56H89N9O17. The van der Waals surface area contributed by atoms with Crippen LogP contribution < -0.4 is 32.4 Å². The number of rotatable bonds is 28. The van der Waals surface area contributed by atoms with E-state index in [0.717, 1.165) is 5.56 Å². The molecule has 1 fully saturated rings. The number of esters is 3. The molecule has 0 spiro atoms.